The van der Waals surface area contributed by atoms with Gasteiger partial charge in [-0.3, -0.25) is 4.79 Å². The van der Waals surface area contributed by atoms with Crippen LogP contribution in [0.2, 0.25) is 0 Å². The number of nitrogens with zero attached hydrogens (tertiary/aromatic N) is 2. The number of hydrogen-bond acceptors (Lipinski definition) is 4. The molecule has 1 aliphatic carbocycles. The number of carbonyl (C=O) groups is 1. The molecule has 1 unspecified atom stereocenters. The largest absolute Gasteiger partial charge is 0.464 e. The van der Waals surface area contributed by atoms with E-state index < -0.39 is 0 Å². The quantitative estimate of drug-likeness (QED) is 0.695. The van der Waals surface area contributed by atoms with Crippen LogP contribution in [0.1, 0.15) is 31.4 Å². The van der Waals surface area contributed by atoms with Crippen LogP contribution in [0.25, 0.3) is 27.9 Å². The van der Waals surface area contributed by atoms with E-state index in [1.54, 1.807) is 12.6 Å². The summed E-state index contributed by atoms with van der Waals surface area (Å²) in [7, 11) is 0. The van der Waals surface area contributed by atoms with Gasteiger partial charge in [0, 0.05) is 18.2 Å². The molecule has 1 aliphatic rings. The molecule has 5 heteroatoms. The highest BCUT2D eigenvalue weighted by molar-refractivity contribution is 5.99. The lowest BCUT2D eigenvalue weighted by Crippen LogP contribution is -2.11. The Morgan fingerprint density at radius 2 is 2.36 bits per heavy atom. The van der Waals surface area contributed by atoms with Crippen LogP contribution in [-0.2, 0) is 4.79 Å². The highest BCUT2D eigenvalue weighted by atomic mass is 16.3. The van der Waals surface area contributed by atoms with Gasteiger partial charge in [-0.05, 0) is 49.0 Å². The molecule has 3 aromatic heterocycles. The van der Waals surface area contributed by atoms with Gasteiger partial charge >= 0.3 is 0 Å². The number of nitrogens with one attached hydrogen (secondary N) is 1. The number of rotatable bonds is 5. The monoisotopic (exact) mass is 333 g/mol. The van der Waals surface area contributed by atoms with Crippen molar-refractivity contribution in [3.05, 3.63) is 55.3 Å². The van der Waals surface area contributed by atoms with Crippen molar-refractivity contribution in [2.75, 3.05) is 0 Å². The van der Waals surface area contributed by atoms with Gasteiger partial charge in [0.15, 0.2) is 5.78 Å². The molecule has 0 saturated carbocycles. The van der Waals surface area contributed by atoms with Crippen LogP contribution < -0.4 is 0 Å². The Bertz CT molecular complexity index is 951. The van der Waals surface area contributed by atoms with E-state index in [1.807, 2.05) is 18.3 Å². The van der Waals surface area contributed by atoms with Crippen LogP contribution in [0.5, 0.6) is 0 Å². The molecule has 0 aromatic carbocycles. The molecule has 3 heterocycles. The van der Waals surface area contributed by atoms with Crippen molar-refractivity contribution in [2.24, 2.45) is 5.92 Å². The molecule has 0 radical (unpaired) electrons. The third-order valence-corrected chi connectivity index (χ3v) is 4.75. The second kappa shape index (κ2) is 6.51. The molecule has 0 fully saturated rings. The molecule has 3 aromatic rings. The van der Waals surface area contributed by atoms with Crippen LogP contribution in [-0.4, -0.2) is 20.7 Å². The van der Waals surface area contributed by atoms with E-state index >= 15 is 0 Å². The van der Waals surface area contributed by atoms with Gasteiger partial charge in [0.1, 0.15) is 17.7 Å². The SMILES string of the molecule is C=CC(=O)CC1CCC=C(c2ncnc3[nH]cc(-c4ccco4)c23)C1. The molecule has 25 heavy (non-hydrogen) atoms. The van der Waals surface area contributed by atoms with E-state index in [0.717, 1.165) is 47.3 Å². The van der Waals surface area contributed by atoms with E-state index in [1.165, 1.54) is 11.6 Å². The van der Waals surface area contributed by atoms with Gasteiger partial charge in [-0.2, -0.15) is 0 Å². The smallest absolute Gasteiger partial charge is 0.155 e. The van der Waals surface area contributed by atoms with Crippen LogP contribution in [0.15, 0.2) is 54.1 Å². The molecule has 0 saturated heterocycles. The number of aromatic nitrogens is 3. The molecule has 1 atom stereocenters. The van der Waals surface area contributed by atoms with Gasteiger partial charge in [0.05, 0.1) is 17.3 Å². The van der Waals surface area contributed by atoms with Gasteiger partial charge in [0.2, 0.25) is 0 Å². The minimum Gasteiger partial charge on any atom is -0.464 e. The predicted octanol–water partition coefficient (Wildman–Crippen LogP) is 4.55. The van der Waals surface area contributed by atoms with Crippen molar-refractivity contribution in [1.82, 2.24) is 15.0 Å². The molecule has 0 bridgehead atoms. The summed E-state index contributed by atoms with van der Waals surface area (Å²) in [5.74, 6) is 1.23. The maximum Gasteiger partial charge on any atom is 0.155 e. The number of ketones is 1. The minimum absolute atomic E-state index is 0.108. The zero-order chi connectivity index (χ0) is 17.2. The van der Waals surface area contributed by atoms with Crippen LogP contribution in [0, 0.1) is 5.92 Å². The van der Waals surface area contributed by atoms with Gasteiger partial charge in [0.25, 0.3) is 0 Å². The Morgan fingerprint density at radius 3 is 3.16 bits per heavy atom. The fourth-order valence-corrected chi connectivity index (χ4v) is 3.56. The average molecular weight is 333 g/mol. The lowest BCUT2D eigenvalue weighted by molar-refractivity contribution is -0.115. The zero-order valence-corrected chi connectivity index (χ0v) is 13.9. The van der Waals surface area contributed by atoms with Crippen molar-refractivity contribution >= 4 is 22.4 Å². The summed E-state index contributed by atoms with van der Waals surface area (Å²) >= 11 is 0. The fourth-order valence-electron chi connectivity index (χ4n) is 3.56. The van der Waals surface area contributed by atoms with Crippen LogP contribution in [0.4, 0.5) is 0 Å². The Labute approximate surface area is 145 Å². The van der Waals surface area contributed by atoms with E-state index in [2.05, 4.69) is 27.6 Å². The summed E-state index contributed by atoms with van der Waals surface area (Å²) in [6.07, 6.45) is 12.2. The normalized spacial score (nSPS) is 17.4. The van der Waals surface area contributed by atoms with Crippen molar-refractivity contribution in [1.29, 1.82) is 0 Å². The van der Waals surface area contributed by atoms with Gasteiger partial charge in [-0.15, -0.1) is 0 Å². The Balaban J connectivity index is 1.74. The molecule has 0 aliphatic heterocycles. The van der Waals surface area contributed by atoms with Crippen molar-refractivity contribution in [3.63, 3.8) is 0 Å². The lowest BCUT2D eigenvalue weighted by atomic mass is 9.83. The van der Waals surface area contributed by atoms with Gasteiger partial charge < -0.3 is 9.40 Å². The van der Waals surface area contributed by atoms with Gasteiger partial charge in [-0.1, -0.05) is 12.7 Å². The average Bonchev–Trinajstić information content (AvgIpc) is 3.30. The Kier molecular flexibility index (Phi) is 4.06. The van der Waals surface area contributed by atoms with Crippen LogP contribution in [0.3, 0.4) is 0 Å². The minimum atomic E-state index is 0.108. The lowest BCUT2D eigenvalue weighted by Gasteiger charge is -2.22. The third kappa shape index (κ3) is 2.93. The first kappa shape index (κ1) is 15.6. The maximum atomic E-state index is 11.7. The zero-order valence-electron chi connectivity index (χ0n) is 13.9. The summed E-state index contributed by atoms with van der Waals surface area (Å²) in [6, 6.07) is 3.80. The van der Waals surface area contributed by atoms with E-state index in [0.29, 0.717) is 12.3 Å². The Hall–Kier alpha value is -2.95. The number of hydrogen-bond donors (Lipinski definition) is 1. The summed E-state index contributed by atoms with van der Waals surface area (Å²) < 4.78 is 5.57. The summed E-state index contributed by atoms with van der Waals surface area (Å²) in [6.45, 7) is 3.58. The molecular weight excluding hydrogens is 314 g/mol. The molecule has 1 N–H and O–H groups in total. The first-order chi connectivity index (χ1) is 12.3. The summed E-state index contributed by atoms with van der Waals surface area (Å²) in [4.78, 5) is 23.8. The van der Waals surface area contributed by atoms with E-state index in [4.69, 9.17) is 4.42 Å². The molecule has 4 rings (SSSR count). The maximum absolute atomic E-state index is 11.7. The van der Waals surface area contributed by atoms with E-state index in [-0.39, 0.29) is 5.78 Å². The second-order valence-electron chi connectivity index (χ2n) is 6.38. The highest BCUT2D eigenvalue weighted by Crippen LogP contribution is 2.38. The van der Waals surface area contributed by atoms with Crippen LogP contribution >= 0.6 is 0 Å². The number of allylic oxidation sites excluding steroid dienone is 3. The summed E-state index contributed by atoms with van der Waals surface area (Å²) in [5, 5.41) is 0.972. The first-order valence-electron chi connectivity index (χ1n) is 8.47. The number of furan rings is 1. The van der Waals surface area contributed by atoms with Gasteiger partial charge in [-0.25, -0.2) is 9.97 Å². The highest BCUT2D eigenvalue weighted by Gasteiger charge is 2.23. The fraction of sp³-hybridized carbons (Fsp3) is 0.250. The molecule has 0 amide bonds. The number of fused-ring (bicyclic) bond motifs is 1. The Morgan fingerprint density at radius 1 is 1.44 bits per heavy atom. The second-order valence-corrected chi connectivity index (χ2v) is 6.38. The molecule has 5 nitrogen and oxygen atoms in total. The van der Waals surface area contributed by atoms with Crippen molar-refractivity contribution < 1.29 is 9.21 Å². The number of carbonyl (C=O) groups excluding carboxylic acids is 1. The third-order valence-electron chi connectivity index (χ3n) is 4.75. The van der Waals surface area contributed by atoms with Crippen molar-refractivity contribution in [3.8, 4) is 11.3 Å². The molecule has 126 valence electrons. The van der Waals surface area contributed by atoms with Crippen molar-refractivity contribution in [2.45, 2.75) is 25.7 Å². The standard InChI is InChI=1S/C20H19N3O2/c1-2-15(24)10-13-5-3-6-14(9-13)19-18-16(17-7-4-8-25-17)11-21-20(18)23-12-22-19/h2,4,6-8,11-13H,1,3,5,9-10H2,(H,21,22,23). The summed E-state index contributed by atoms with van der Waals surface area (Å²) in [5.41, 5.74) is 3.85. The predicted molar refractivity (Wildman–Crippen MR) is 96.7 cm³/mol. The van der Waals surface area contributed by atoms with E-state index in [9.17, 15) is 4.79 Å². The number of aromatic amines is 1. The molecule has 0 spiro atoms. The number of H-pyrrole nitrogens is 1. The molecular formula is C20H19N3O2. The first-order valence-corrected chi connectivity index (χ1v) is 8.47. The topological polar surface area (TPSA) is 71.8 Å².